The molecule has 0 aromatic heterocycles. The van der Waals surface area contributed by atoms with Crippen molar-refractivity contribution in [1.82, 2.24) is 0 Å². The number of rotatable bonds is 14. The predicted molar refractivity (Wildman–Crippen MR) is 194 cm³/mol. The maximum absolute atomic E-state index is 6.62. The van der Waals surface area contributed by atoms with Crippen LogP contribution in [0.5, 0.6) is 0 Å². The standard InChI is InChI=1S/C42H56N2O4/c1-9-25-13-27(11-23(3)39(25)43)41(5,6)37-33(15-29-19-45-29)35(17-31-21-47-31)38(36(18-32-22-48-32)34(37)16-30-20-46-30)42(7,8)28-12-24(4)40(44)26(10-2)14-28/h11-14,29-32H,9-10,15-22,43-44H2,1-8H3. The quantitative estimate of drug-likeness (QED) is 0.144. The van der Waals surface area contributed by atoms with Gasteiger partial charge in [0.2, 0.25) is 0 Å². The van der Waals surface area contributed by atoms with Gasteiger partial charge in [0.25, 0.3) is 0 Å². The van der Waals surface area contributed by atoms with E-state index in [0.717, 1.165) is 87.5 Å². The van der Waals surface area contributed by atoms with E-state index in [2.05, 4.69) is 79.7 Å². The average Bonchev–Trinajstić information content (AvgIpc) is 3.84. The topological polar surface area (TPSA) is 102 Å². The fourth-order valence-electron chi connectivity index (χ4n) is 8.37. The molecule has 7 rings (SSSR count). The van der Waals surface area contributed by atoms with Crippen molar-refractivity contribution in [2.24, 2.45) is 0 Å². The highest BCUT2D eigenvalue weighted by molar-refractivity contribution is 5.65. The van der Waals surface area contributed by atoms with E-state index < -0.39 is 0 Å². The highest BCUT2D eigenvalue weighted by Gasteiger charge is 2.43. The Labute approximate surface area is 287 Å². The molecule has 3 aromatic carbocycles. The van der Waals surface area contributed by atoms with Crippen molar-refractivity contribution in [2.75, 3.05) is 37.9 Å². The van der Waals surface area contributed by atoms with Crippen molar-refractivity contribution in [3.8, 4) is 0 Å². The minimum absolute atomic E-state index is 0.238. The summed E-state index contributed by atoms with van der Waals surface area (Å²) >= 11 is 0. The fraction of sp³-hybridized carbons (Fsp3) is 0.571. The van der Waals surface area contributed by atoms with E-state index in [-0.39, 0.29) is 35.2 Å². The summed E-state index contributed by atoms with van der Waals surface area (Å²) < 4.78 is 24.1. The molecule has 4 saturated heterocycles. The van der Waals surface area contributed by atoms with Crippen LogP contribution >= 0.6 is 0 Å². The van der Waals surface area contributed by atoms with E-state index in [1.165, 1.54) is 55.6 Å². The Balaban J connectivity index is 1.56. The average molecular weight is 653 g/mol. The molecular weight excluding hydrogens is 596 g/mol. The lowest BCUT2D eigenvalue weighted by molar-refractivity contribution is 0.393. The second kappa shape index (κ2) is 12.5. The number of ether oxygens (including phenoxy) is 4. The maximum atomic E-state index is 6.62. The lowest BCUT2D eigenvalue weighted by Gasteiger charge is -2.40. The summed E-state index contributed by atoms with van der Waals surface area (Å²) in [5.41, 5.74) is 30.6. The highest BCUT2D eigenvalue weighted by Crippen LogP contribution is 2.50. The van der Waals surface area contributed by atoms with Gasteiger partial charge in [-0.25, -0.2) is 0 Å². The molecule has 4 atom stereocenters. The number of aryl methyl sites for hydroxylation is 4. The van der Waals surface area contributed by atoms with Crippen molar-refractivity contribution >= 4 is 11.4 Å². The molecule has 0 bridgehead atoms. The van der Waals surface area contributed by atoms with Crippen LogP contribution in [0.15, 0.2) is 24.3 Å². The molecule has 4 unspecified atom stereocenters. The lowest BCUT2D eigenvalue weighted by Crippen LogP contribution is -2.33. The molecule has 4 aliphatic heterocycles. The third kappa shape index (κ3) is 6.42. The first-order valence-electron chi connectivity index (χ1n) is 18.3. The summed E-state index contributed by atoms with van der Waals surface area (Å²) in [6, 6.07) is 9.40. The van der Waals surface area contributed by atoms with Crippen molar-refractivity contribution in [1.29, 1.82) is 0 Å². The van der Waals surface area contributed by atoms with Gasteiger partial charge in [0.05, 0.1) is 50.8 Å². The molecular formula is C42H56N2O4. The van der Waals surface area contributed by atoms with Gasteiger partial charge in [-0.1, -0.05) is 65.8 Å². The first-order chi connectivity index (χ1) is 22.8. The van der Waals surface area contributed by atoms with Crippen molar-refractivity contribution in [3.63, 3.8) is 0 Å². The van der Waals surface area contributed by atoms with Crippen LogP contribution in [0.1, 0.15) is 108 Å². The summed E-state index contributed by atoms with van der Waals surface area (Å²) in [6.45, 7) is 21.7. The molecule has 3 aromatic rings. The largest absolute Gasteiger partial charge is 0.398 e. The van der Waals surface area contributed by atoms with Gasteiger partial charge in [-0.05, 0) is 93.5 Å². The van der Waals surface area contributed by atoms with Gasteiger partial charge < -0.3 is 30.4 Å². The van der Waals surface area contributed by atoms with Crippen LogP contribution in [0, 0.1) is 13.8 Å². The molecule has 0 spiro atoms. The van der Waals surface area contributed by atoms with Crippen LogP contribution in [0.3, 0.4) is 0 Å². The normalized spacial score (nSPS) is 23.0. The Bertz CT molecular complexity index is 1540. The van der Waals surface area contributed by atoms with Gasteiger partial charge in [-0.15, -0.1) is 0 Å². The molecule has 4 aliphatic rings. The van der Waals surface area contributed by atoms with Crippen LogP contribution in [0.2, 0.25) is 0 Å². The molecule has 48 heavy (non-hydrogen) atoms. The Kier molecular flexibility index (Phi) is 8.72. The van der Waals surface area contributed by atoms with Crippen LogP contribution in [0.25, 0.3) is 0 Å². The molecule has 258 valence electrons. The Morgan fingerprint density at radius 2 is 0.812 bits per heavy atom. The molecule has 0 amide bonds. The minimum atomic E-state index is -0.287. The number of benzene rings is 3. The molecule has 4 fully saturated rings. The number of hydrogen-bond acceptors (Lipinski definition) is 6. The van der Waals surface area contributed by atoms with Gasteiger partial charge in [0.1, 0.15) is 0 Å². The molecule has 4 N–H and O–H groups in total. The summed E-state index contributed by atoms with van der Waals surface area (Å²) in [7, 11) is 0. The van der Waals surface area contributed by atoms with Crippen LogP contribution < -0.4 is 11.5 Å². The lowest BCUT2D eigenvalue weighted by atomic mass is 9.64. The maximum Gasteiger partial charge on any atom is 0.0850 e. The Morgan fingerprint density at radius 1 is 0.542 bits per heavy atom. The van der Waals surface area contributed by atoms with Crippen LogP contribution in [-0.4, -0.2) is 50.8 Å². The first-order valence-corrected chi connectivity index (χ1v) is 18.3. The van der Waals surface area contributed by atoms with Gasteiger partial charge in [0.15, 0.2) is 0 Å². The van der Waals surface area contributed by atoms with E-state index in [1.54, 1.807) is 0 Å². The Hall–Kier alpha value is -2.90. The van der Waals surface area contributed by atoms with Gasteiger partial charge in [-0.3, -0.25) is 0 Å². The van der Waals surface area contributed by atoms with Gasteiger partial charge in [-0.2, -0.15) is 0 Å². The Morgan fingerprint density at radius 3 is 1.04 bits per heavy atom. The van der Waals surface area contributed by atoms with Crippen molar-refractivity contribution in [3.05, 3.63) is 91.0 Å². The smallest absolute Gasteiger partial charge is 0.0850 e. The number of nitrogen functional groups attached to an aromatic ring is 2. The van der Waals surface area contributed by atoms with Gasteiger partial charge >= 0.3 is 0 Å². The SMILES string of the molecule is CCc1cc(C(C)(C)c2c(CC3CO3)c(CC3CO3)c(C(C)(C)c3cc(C)c(N)c(CC)c3)c(CC3CO3)c2CC2CO2)cc(C)c1N. The van der Waals surface area contributed by atoms with Crippen molar-refractivity contribution in [2.45, 2.75) is 129 Å². The van der Waals surface area contributed by atoms with E-state index in [9.17, 15) is 0 Å². The summed E-state index contributed by atoms with van der Waals surface area (Å²) in [6.07, 6.45) is 6.37. The number of nitrogens with two attached hydrogens (primary N) is 2. The van der Waals surface area contributed by atoms with Crippen molar-refractivity contribution < 1.29 is 18.9 Å². The zero-order chi connectivity index (χ0) is 34.1. The molecule has 4 heterocycles. The highest BCUT2D eigenvalue weighted by atomic mass is 16.6. The third-order valence-electron chi connectivity index (χ3n) is 11.7. The molecule has 6 heteroatoms. The predicted octanol–water partition coefficient (Wildman–Crippen LogP) is 7.01. The summed E-state index contributed by atoms with van der Waals surface area (Å²) in [4.78, 5) is 0. The van der Waals surface area contributed by atoms with Gasteiger partial charge in [0, 0.05) is 47.9 Å². The minimum Gasteiger partial charge on any atom is -0.398 e. The van der Waals surface area contributed by atoms with E-state index in [1.807, 2.05) is 0 Å². The summed E-state index contributed by atoms with van der Waals surface area (Å²) in [5, 5.41) is 0. The fourth-order valence-corrected chi connectivity index (χ4v) is 8.37. The van der Waals surface area contributed by atoms with Crippen LogP contribution in [0.4, 0.5) is 11.4 Å². The molecule has 0 aliphatic carbocycles. The van der Waals surface area contributed by atoms with E-state index >= 15 is 0 Å². The number of anilines is 2. The van der Waals surface area contributed by atoms with E-state index in [0.29, 0.717) is 0 Å². The second-order valence-corrected chi connectivity index (χ2v) is 16.0. The number of epoxide rings is 4. The zero-order valence-corrected chi connectivity index (χ0v) is 30.5. The number of hydrogen-bond donors (Lipinski definition) is 2. The third-order valence-corrected chi connectivity index (χ3v) is 11.7. The zero-order valence-electron chi connectivity index (χ0n) is 30.5. The van der Waals surface area contributed by atoms with E-state index in [4.69, 9.17) is 30.4 Å². The first kappa shape index (κ1) is 33.6. The van der Waals surface area contributed by atoms with Crippen LogP contribution in [-0.2, 0) is 68.3 Å². The second-order valence-electron chi connectivity index (χ2n) is 16.0. The molecule has 0 saturated carbocycles. The molecule has 0 radical (unpaired) electrons. The monoisotopic (exact) mass is 652 g/mol. The molecule has 6 nitrogen and oxygen atoms in total. The summed E-state index contributed by atoms with van der Waals surface area (Å²) in [5.74, 6) is 0.